The fraction of sp³-hybridized carbons (Fsp3) is 0.455. The minimum absolute atomic E-state index is 0.0416. The summed E-state index contributed by atoms with van der Waals surface area (Å²) in [5, 5.41) is 25.8. The lowest BCUT2D eigenvalue weighted by Crippen LogP contribution is -2.57. The molecule has 29 heavy (non-hydrogen) atoms. The molecule has 1 aromatic carbocycles. The number of anilines is 2. The molecule has 1 aromatic heterocycles. The third kappa shape index (κ3) is 3.56. The first-order valence-corrected chi connectivity index (χ1v) is 9.96. The van der Waals surface area contributed by atoms with Crippen molar-refractivity contribution in [1.29, 1.82) is 5.26 Å². The molecule has 3 atom stereocenters. The maximum atomic E-state index is 12.3. The average Bonchev–Trinajstić information content (AvgIpc) is 3.03. The molecule has 2 aromatic rings. The number of benzene rings is 1. The van der Waals surface area contributed by atoms with E-state index in [2.05, 4.69) is 26.7 Å². The molecule has 2 aliphatic carbocycles. The molecule has 0 saturated heterocycles. The summed E-state index contributed by atoms with van der Waals surface area (Å²) < 4.78 is 0. The molecule has 0 radical (unpaired) electrons. The molecule has 2 aliphatic rings. The summed E-state index contributed by atoms with van der Waals surface area (Å²) in [6.07, 6.45) is 2.93. The van der Waals surface area contributed by atoms with Gasteiger partial charge in [-0.1, -0.05) is 38.1 Å². The van der Waals surface area contributed by atoms with Crippen LogP contribution in [0, 0.1) is 16.7 Å². The van der Waals surface area contributed by atoms with Crippen molar-refractivity contribution in [1.82, 2.24) is 9.97 Å². The molecule has 3 N–H and O–H groups in total. The van der Waals surface area contributed by atoms with E-state index in [9.17, 15) is 15.2 Å². The Bertz CT molecular complexity index is 981. The van der Waals surface area contributed by atoms with E-state index >= 15 is 0 Å². The van der Waals surface area contributed by atoms with Crippen LogP contribution in [0.2, 0.25) is 0 Å². The van der Waals surface area contributed by atoms with Crippen LogP contribution in [0.1, 0.15) is 49.3 Å². The predicted octanol–water partition coefficient (Wildman–Crippen LogP) is 2.63. The zero-order valence-corrected chi connectivity index (χ0v) is 16.6. The highest BCUT2D eigenvalue weighted by atomic mass is 16.3. The summed E-state index contributed by atoms with van der Waals surface area (Å²) in [6, 6.07) is 10.1. The van der Waals surface area contributed by atoms with Crippen LogP contribution in [0.25, 0.3) is 0 Å². The van der Waals surface area contributed by atoms with Gasteiger partial charge in [0.2, 0.25) is 5.95 Å². The quantitative estimate of drug-likeness (QED) is 0.694. The molecule has 7 nitrogen and oxygen atoms in total. The molecule has 0 amide bonds. The number of hydrogen-bond donors (Lipinski definition) is 3. The van der Waals surface area contributed by atoms with Crippen LogP contribution < -0.4 is 10.6 Å². The number of carbonyl (C=O) groups excluding carboxylic acids is 1. The van der Waals surface area contributed by atoms with E-state index in [0.717, 1.165) is 11.1 Å². The molecular formula is C22H25N5O2. The molecule has 150 valence electrons. The second-order valence-electron chi connectivity index (χ2n) is 8.45. The fourth-order valence-corrected chi connectivity index (χ4v) is 4.14. The number of hydrogen-bond acceptors (Lipinski definition) is 7. The number of aliphatic hydroxyl groups excluding tert-OH is 1. The number of Topliss-reactive ketones (excluding diaryl/α,β-unsaturated/α-hetero) is 1. The highest BCUT2D eigenvalue weighted by Crippen LogP contribution is 2.42. The minimum Gasteiger partial charge on any atom is -0.392 e. The smallest absolute Gasteiger partial charge is 0.224 e. The van der Waals surface area contributed by atoms with Gasteiger partial charge in [-0.25, -0.2) is 4.98 Å². The van der Waals surface area contributed by atoms with Crippen molar-refractivity contribution in [3.63, 3.8) is 0 Å². The Morgan fingerprint density at radius 3 is 2.86 bits per heavy atom. The van der Waals surface area contributed by atoms with Gasteiger partial charge < -0.3 is 15.7 Å². The van der Waals surface area contributed by atoms with Crippen molar-refractivity contribution >= 4 is 17.5 Å². The van der Waals surface area contributed by atoms with Crippen molar-refractivity contribution in [2.75, 3.05) is 17.2 Å². The van der Waals surface area contributed by atoms with Gasteiger partial charge in [0.25, 0.3) is 0 Å². The van der Waals surface area contributed by atoms with E-state index < -0.39 is 0 Å². The third-order valence-electron chi connectivity index (χ3n) is 6.34. The number of nitriles is 1. The lowest BCUT2D eigenvalue weighted by Gasteiger charge is -2.49. The number of carbonyl (C=O) groups is 1. The zero-order valence-electron chi connectivity index (χ0n) is 16.6. The summed E-state index contributed by atoms with van der Waals surface area (Å²) >= 11 is 0. The number of ketones is 1. The maximum Gasteiger partial charge on any atom is 0.224 e. The molecule has 0 aliphatic heterocycles. The van der Waals surface area contributed by atoms with Crippen LogP contribution in [-0.4, -0.2) is 39.5 Å². The van der Waals surface area contributed by atoms with E-state index in [1.807, 2.05) is 38.1 Å². The van der Waals surface area contributed by atoms with Crippen LogP contribution in [0.3, 0.4) is 0 Å². The number of rotatable bonds is 6. The van der Waals surface area contributed by atoms with E-state index in [0.29, 0.717) is 43.1 Å². The minimum atomic E-state index is -0.364. The highest BCUT2D eigenvalue weighted by molar-refractivity contribution is 5.92. The number of aromatic nitrogens is 2. The first kappa shape index (κ1) is 19.3. The van der Waals surface area contributed by atoms with E-state index in [-0.39, 0.29) is 29.3 Å². The first-order chi connectivity index (χ1) is 13.9. The number of nitrogens with one attached hydrogen (secondary N) is 2. The van der Waals surface area contributed by atoms with Gasteiger partial charge in [-0.3, -0.25) is 4.79 Å². The first-order valence-electron chi connectivity index (χ1n) is 9.96. The summed E-state index contributed by atoms with van der Waals surface area (Å²) in [5.41, 5.74) is 2.33. The van der Waals surface area contributed by atoms with Crippen LogP contribution in [0.5, 0.6) is 0 Å². The number of fused-ring (bicyclic) bond motifs is 1. The number of nitrogens with zero attached hydrogens (tertiary/aromatic N) is 3. The van der Waals surface area contributed by atoms with E-state index in [1.54, 1.807) is 0 Å². The molecule has 1 saturated carbocycles. The number of aliphatic hydroxyl groups is 1. The molecule has 7 heteroatoms. The topological polar surface area (TPSA) is 111 Å². The van der Waals surface area contributed by atoms with Crippen molar-refractivity contribution in [3.05, 3.63) is 47.2 Å². The Morgan fingerprint density at radius 1 is 1.34 bits per heavy atom. The van der Waals surface area contributed by atoms with Gasteiger partial charge in [0.15, 0.2) is 0 Å². The normalized spacial score (nSPS) is 24.3. The van der Waals surface area contributed by atoms with Gasteiger partial charge in [-0.05, 0) is 24.0 Å². The van der Waals surface area contributed by atoms with Gasteiger partial charge in [0.05, 0.1) is 12.3 Å². The SMILES string of the molecule is CC1(C)[C@@H](O)C[C@H]1Nc1nc(NCCC2C(=O)Cc3ccccc32)ncc1C#N. The highest BCUT2D eigenvalue weighted by Gasteiger charge is 2.47. The van der Waals surface area contributed by atoms with E-state index in [4.69, 9.17) is 0 Å². The Hall–Kier alpha value is -2.98. The maximum absolute atomic E-state index is 12.3. The van der Waals surface area contributed by atoms with Gasteiger partial charge >= 0.3 is 0 Å². The van der Waals surface area contributed by atoms with Gasteiger partial charge in [-0.2, -0.15) is 10.2 Å². The Kier molecular flexibility index (Phi) is 4.97. The Morgan fingerprint density at radius 2 is 2.14 bits per heavy atom. The van der Waals surface area contributed by atoms with Crippen molar-refractivity contribution in [2.24, 2.45) is 5.41 Å². The molecule has 1 unspecified atom stereocenters. The standard InChI is InChI=1S/C22H25N5O2/c1-22(2)18(10-19(22)29)26-20-14(11-23)12-25-21(27-20)24-8-7-16-15-6-4-3-5-13(15)9-17(16)28/h3-6,12,16,18-19,29H,7-10H2,1-2H3,(H2,24,25,26,27)/t16?,18-,19+/m1/s1. The lowest BCUT2D eigenvalue weighted by atomic mass is 9.64. The van der Waals surface area contributed by atoms with Crippen LogP contribution in [0.15, 0.2) is 30.5 Å². The lowest BCUT2D eigenvalue weighted by molar-refractivity contribution is -0.119. The Labute approximate surface area is 170 Å². The molecular weight excluding hydrogens is 366 g/mol. The van der Waals surface area contributed by atoms with Gasteiger partial charge in [0.1, 0.15) is 23.2 Å². The monoisotopic (exact) mass is 391 g/mol. The van der Waals surface area contributed by atoms with Crippen LogP contribution in [-0.2, 0) is 11.2 Å². The van der Waals surface area contributed by atoms with Gasteiger partial charge in [-0.15, -0.1) is 0 Å². The zero-order chi connectivity index (χ0) is 20.6. The molecule has 1 fully saturated rings. The van der Waals surface area contributed by atoms with Crippen molar-refractivity contribution < 1.29 is 9.90 Å². The fourth-order valence-electron chi connectivity index (χ4n) is 4.14. The Balaban J connectivity index is 1.41. The third-order valence-corrected chi connectivity index (χ3v) is 6.34. The summed E-state index contributed by atoms with van der Waals surface area (Å²) in [6.45, 7) is 4.53. The molecule has 0 bridgehead atoms. The van der Waals surface area contributed by atoms with E-state index in [1.165, 1.54) is 6.20 Å². The second kappa shape index (κ2) is 7.45. The summed E-state index contributed by atoms with van der Waals surface area (Å²) in [5.74, 6) is 1.05. The summed E-state index contributed by atoms with van der Waals surface area (Å²) in [4.78, 5) is 21.0. The largest absolute Gasteiger partial charge is 0.392 e. The average molecular weight is 391 g/mol. The molecule has 0 spiro atoms. The van der Waals surface area contributed by atoms with Crippen molar-refractivity contribution in [2.45, 2.75) is 51.2 Å². The predicted molar refractivity (Wildman–Crippen MR) is 110 cm³/mol. The van der Waals surface area contributed by atoms with Crippen molar-refractivity contribution in [3.8, 4) is 6.07 Å². The summed E-state index contributed by atoms with van der Waals surface area (Å²) in [7, 11) is 0. The second-order valence-corrected chi connectivity index (χ2v) is 8.45. The van der Waals surface area contributed by atoms with Gasteiger partial charge in [0, 0.05) is 30.3 Å². The molecule has 1 heterocycles. The molecule has 4 rings (SSSR count). The van der Waals surface area contributed by atoms with Crippen LogP contribution >= 0.6 is 0 Å². The van der Waals surface area contributed by atoms with Crippen LogP contribution in [0.4, 0.5) is 11.8 Å².